The molecule has 0 bridgehead atoms. The van der Waals surface area contributed by atoms with Crippen molar-refractivity contribution >= 4 is 0 Å². The standard InChI is InChI=1S/C14H22N4/c1-3-14-15-4-11(5-16-14)6-18-9-12-7-17(2)8-13(12)10-18/h4-5,12-13H,3,6-10H2,1-2H3/t12-,13+. The molecule has 3 rings (SSSR count). The Bertz CT molecular complexity index is 389. The Morgan fingerprint density at radius 2 is 1.72 bits per heavy atom. The lowest BCUT2D eigenvalue weighted by molar-refractivity contribution is 0.271. The molecule has 18 heavy (non-hydrogen) atoms. The zero-order chi connectivity index (χ0) is 12.5. The van der Waals surface area contributed by atoms with Gasteiger partial charge in [-0.2, -0.15) is 0 Å². The Labute approximate surface area is 109 Å². The predicted octanol–water partition coefficient (Wildman–Crippen LogP) is 1.03. The molecule has 0 aromatic carbocycles. The van der Waals surface area contributed by atoms with Crippen LogP contribution in [0, 0.1) is 11.8 Å². The van der Waals surface area contributed by atoms with Crippen molar-refractivity contribution in [3.8, 4) is 0 Å². The average Bonchev–Trinajstić information content (AvgIpc) is 2.86. The molecule has 0 spiro atoms. The van der Waals surface area contributed by atoms with Crippen LogP contribution in [0.2, 0.25) is 0 Å². The maximum Gasteiger partial charge on any atom is 0.127 e. The van der Waals surface area contributed by atoms with Crippen molar-refractivity contribution in [1.82, 2.24) is 19.8 Å². The van der Waals surface area contributed by atoms with E-state index in [0.717, 1.165) is 30.6 Å². The summed E-state index contributed by atoms with van der Waals surface area (Å²) in [6.07, 6.45) is 4.90. The van der Waals surface area contributed by atoms with Crippen LogP contribution in [-0.4, -0.2) is 53.0 Å². The van der Waals surface area contributed by atoms with Gasteiger partial charge in [0.25, 0.3) is 0 Å². The molecule has 0 radical (unpaired) electrons. The number of hydrogen-bond acceptors (Lipinski definition) is 4. The summed E-state index contributed by atoms with van der Waals surface area (Å²) in [5, 5.41) is 0. The minimum Gasteiger partial charge on any atom is -0.306 e. The fourth-order valence-corrected chi connectivity index (χ4v) is 3.36. The second-order valence-electron chi connectivity index (χ2n) is 5.80. The molecule has 1 aromatic rings. The molecule has 4 nitrogen and oxygen atoms in total. The third-order valence-electron chi connectivity index (χ3n) is 4.23. The molecule has 98 valence electrons. The Hall–Kier alpha value is -1.00. The smallest absolute Gasteiger partial charge is 0.127 e. The molecule has 0 amide bonds. The lowest BCUT2D eigenvalue weighted by Crippen LogP contribution is -2.26. The molecule has 1 aromatic heterocycles. The van der Waals surface area contributed by atoms with Crippen LogP contribution in [0.25, 0.3) is 0 Å². The first-order valence-corrected chi connectivity index (χ1v) is 6.95. The van der Waals surface area contributed by atoms with Crippen LogP contribution in [0.15, 0.2) is 12.4 Å². The van der Waals surface area contributed by atoms with Gasteiger partial charge in [0.1, 0.15) is 5.82 Å². The zero-order valence-electron chi connectivity index (χ0n) is 11.3. The van der Waals surface area contributed by atoms with Gasteiger partial charge in [-0.25, -0.2) is 9.97 Å². The quantitative estimate of drug-likeness (QED) is 0.797. The molecule has 2 atom stereocenters. The van der Waals surface area contributed by atoms with E-state index in [9.17, 15) is 0 Å². The van der Waals surface area contributed by atoms with Crippen molar-refractivity contribution < 1.29 is 0 Å². The van der Waals surface area contributed by atoms with Gasteiger partial charge in [-0.15, -0.1) is 0 Å². The third-order valence-corrected chi connectivity index (χ3v) is 4.23. The summed E-state index contributed by atoms with van der Waals surface area (Å²) >= 11 is 0. The van der Waals surface area contributed by atoms with E-state index >= 15 is 0 Å². The van der Waals surface area contributed by atoms with Crippen LogP contribution in [0.3, 0.4) is 0 Å². The monoisotopic (exact) mass is 246 g/mol. The lowest BCUT2D eigenvalue weighted by atomic mass is 10.0. The van der Waals surface area contributed by atoms with Gasteiger partial charge in [0.05, 0.1) is 0 Å². The predicted molar refractivity (Wildman–Crippen MR) is 71.2 cm³/mol. The van der Waals surface area contributed by atoms with Crippen molar-refractivity contribution in [3.05, 3.63) is 23.8 Å². The van der Waals surface area contributed by atoms with Gasteiger partial charge >= 0.3 is 0 Å². The molecule has 2 aliphatic heterocycles. The highest BCUT2D eigenvalue weighted by Gasteiger charge is 2.38. The molecule has 2 saturated heterocycles. The molecule has 0 saturated carbocycles. The molecule has 2 aliphatic rings. The Balaban J connectivity index is 1.58. The van der Waals surface area contributed by atoms with Crippen LogP contribution in [0.5, 0.6) is 0 Å². The molecule has 0 aliphatic carbocycles. The highest BCUT2D eigenvalue weighted by atomic mass is 15.2. The van der Waals surface area contributed by atoms with E-state index in [2.05, 4.69) is 33.7 Å². The number of rotatable bonds is 3. The van der Waals surface area contributed by atoms with Crippen molar-refractivity contribution in [2.75, 3.05) is 33.2 Å². The van der Waals surface area contributed by atoms with E-state index in [1.807, 2.05) is 12.4 Å². The minimum absolute atomic E-state index is 0.880. The van der Waals surface area contributed by atoms with Crippen LogP contribution in [0.1, 0.15) is 18.3 Å². The maximum absolute atomic E-state index is 4.38. The van der Waals surface area contributed by atoms with Crippen molar-refractivity contribution in [3.63, 3.8) is 0 Å². The first-order valence-electron chi connectivity index (χ1n) is 6.95. The van der Waals surface area contributed by atoms with E-state index in [4.69, 9.17) is 0 Å². The van der Waals surface area contributed by atoms with Gasteiger partial charge in [-0.1, -0.05) is 6.92 Å². The molecule has 2 fully saturated rings. The molecule has 0 N–H and O–H groups in total. The van der Waals surface area contributed by atoms with Gasteiger partial charge in [0.2, 0.25) is 0 Å². The normalized spacial score (nSPS) is 28.8. The minimum atomic E-state index is 0.880. The third kappa shape index (κ3) is 2.40. The summed E-state index contributed by atoms with van der Waals surface area (Å²) in [6, 6.07) is 0. The number of aromatic nitrogens is 2. The molecule has 4 heteroatoms. The fraction of sp³-hybridized carbons (Fsp3) is 0.714. The summed E-state index contributed by atoms with van der Waals surface area (Å²) in [4.78, 5) is 13.8. The Morgan fingerprint density at radius 3 is 2.28 bits per heavy atom. The first-order chi connectivity index (χ1) is 8.74. The summed E-state index contributed by atoms with van der Waals surface area (Å²) in [5.74, 6) is 2.70. The summed E-state index contributed by atoms with van der Waals surface area (Å²) < 4.78 is 0. The van der Waals surface area contributed by atoms with Crippen LogP contribution < -0.4 is 0 Å². The average molecular weight is 246 g/mol. The van der Waals surface area contributed by atoms with E-state index in [1.165, 1.54) is 31.7 Å². The molecule has 3 heterocycles. The van der Waals surface area contributed by atoms with E-state index in [-0.39, 0.29) is 0 Å². The summed E-state index contributed by atoms with van der Waals surface area (Å²) in [6.45, 7) is 8.13. The van der Waals surface area contributed by atoms with Crippen molar-refractivity contribution in [2.45, 2.75) is 19.9 Å². The number of aryl methyl sites for hydroxylation is 1. The number of likely N-dealkylation sites (tertiary alicyclic amines) is 2. The highest BCUT2D eigenvalue weighted by molar-refractivity contribution is 5.06. The Kier molecular flexibility index (Phi) is 3.31. The molecular formula is C14H22N4. The van der Waals surface area contributed by atoms with Gasteiger partial charge in [0, 0.05) is 57.1 Å². The first kappa shape index (κ1) is 12.1. The number of hydrogen-bond donors (Lipinski definition) is 0. The van der Waals surface area contributed by atoms with E-state index < -0.39 is 0 Å². The zero-order valence-corrected chi connectivity index (χ0v) is 11.3. The van der Waals surface area contributed by atoms with E-state index in [1.54, 1.807) is 0 Å². The summed E-state index contributed by atoms with van der Waals surface area (Å²) in [7, 11) is 2.24. The second kappa shape index (κ2) is 4.94. The van der Waals surface area contributed by atoms with Gasteiger partial charge in [-0.05, 0) is 18.9 Å². The second-order valence-corrected chi connectivity index (χ2v) is 5.80. The largest absolute Gasteiger partial charge is 0.306 e. The van der Waals surface area contributed by atoms with E-state index in [0.29, 0.717) is 0 Å². The number of nitrogens with zero attached hydrogens (tertiary/aromatic N) is 4. The maximum atomic E-state index is 4.38. The Morgan fingerprint density at radius 1 is 1.11 bits per heavy atom. The van der Waals surface area contributed by atoms with Gasteiger partial charge in [-0.3, -0.25) is 4.90 Å². The topological polar surface area (TPSA) is 32.3 Å². The van der Waals surface area contributed by atoms with Crippen LogP contribution in [-0.2, 0) is 13.0 Å². The molecule has 0 unspecified atom stereocenters. The van der Waals surface area contributed by atoms with Crippen LogP contribution >= 0.6 is 0 Å². The SMILES string of the molecule is CCc1ncc(CN2C[C@H]3CN(C)C[C@H]3C2)cn1. The van der Waals surface area contributed by atoms with Crippen molar-refractivity contribution in [2.24, 2.45) is 11.8 Å². The fourth-order valence-electron chi connectivity index (χ4n) is 3.36. The van der Waals surface area contributed by atoms with Crippen LogP contribution in [0.4, 0.5) is 0 Å². The highest BCUT2D eigenvalue weighted by Crippen LogP contribution is 2.30. The number of fused-ring (bicyclic) bond motifs is 1. The summed E-state index contributed by atoms with van der Waals surface area (Å²) in [5.41, 5.74) is 1.25. The van der Waals surface area contributed by atoms with Gasteiger partial charge in [0.15, 0.2) is 0 Å². The molecular weight excluding hydrogens is 224 g/mol. The lowest BCUT2D eigenvalue weighted by Gasteiger charge is -2.18. The van der Waals surface area contributed by atoms with Crippen molar-refractivity contribution in [1.29, 1.82) is 0 Å². The van der Waals surface area contributed by atoms with Gasteiger partial charge < -0.3 is 4.90 Å².